The molecule has 1 rings (SSSR count). The van der Waals surface area contributed by atoms with Gasteiger partial charge in [0.05, 0.1) is 4.47 Å². The van der Waals surface area contributed by atoms with Crippen molar-refractivity contribution in [3.05, 3.63) is 15.9 Å². The highest BCUT2D eigenvalue weighted by atomic mass is 79.9. The van der Waals surface area contributed by atoms with Crippen molar-refractivity contribution in [1.82, 2.24) is 9.78 Å². The average molecular weight is 273 g/mol. The Kier molecular flexibility index (Phi) is 4.64. The fourth-order valence-electron chi connectivity index (χ4n) is 0.763. The maximum absolute atomic E-state index is 12.1. The molecule has 0 amide bonds. The van der Waals surface area contributed by atoms with Gasteiger partial charge in [0.25, 0.3) is 0 Å². The van der Waals surface area contributed by atoms with E-state index in [-0.39, 0.29) is 4.47 Å². The first-order valence-electron chi connectivity index (χ1n) is 4.10. The van der Waals surface area contributed by atoms with Crippen LogP contribution in [0.25, 0.3) is 0 Å². The molecule has 0 saturated carbocycles. The molecule has 0 atom stereocenters. The van der Waals surface area contributed by atoms with Gasteiger partial charge < -0.3 is 0 Å². The van der Waals surface area contributed by atoms with Crippen LogP contribution in [0.4, 0.5) is 13.2 Å². The number of hydrogen-bond acceptors (Lipinski definition) is 1. The summed E-state index contributed by atoms with van der Waals surface area (Å²) in [5.74, 6) is 0. The van der Waals surface area contributed by atoms with Gasteiger partial charge in [-0.25, -0.2) is 0 Å². The summed E-state index contributed by atoms with van der Waals surface area (Å²) in [6.07, 6.45) is -4.38. The van der Waals surface area contributed by atoms with Crippen molar-refractivity contribution in [2.24, 2.45) is 7.05 Å². The highest BCUT2D eigenvalue weighted by Crippen LogP contribution is 2.34. The van der Waals surface area contributed by atoms with Crippen molar-refractivity contribution in [1.29, 1.82) is 0 Å². The van der Waals surface area contributed by atoms with E-state index in [0.29, 0.717) is 5.69 Å². The van der Waals surface area contributed by atoms with Crippen molar-refractivity contribution >= 4 is 15.9 Å². The van der Waals surface area contributed by atoms with E-state index in [1.54, 1.807) is 6.92 Å². The highest BCUT2D eigenvalue weighted by Gasteiger charge is 2.37. The second-order valence-electron chi connectivity index (χ2n) is 2.37. The minimum atomic E-state index is -4.38. The normalized spacial score (nSPS) is 10.9. The molecule has 0 aliphatic rings. The molecule has 0 saturated heterocycles. The van der Waals surface area contributed by atoms with Crippen LogP contribution in [0, 0.1) is 6.92 Å². The summed E-state index contributed by atoms with van der Waals surface area (Å²) >= 11 is 2.83. The molecule has 0 aromatic carbocycles. The predicted octanol–water partition coefficient (Wildman–Crippen LogP) is 3.54. The Morgan fingerprint density at radius 1 is 1.29 bits per heavy atom. The Balaban J connectivity index is 0.000000791. The minimum absolute atomic E-state index is 0.0116. The van der Waals surface area contributed by atoms with Crippen LogP contribution in [-0.4, -0.2) is 9.78 Å². The lowest BCUT2D eigenvalue weighted by Crippen LogP contribution is -2.07. The molecule has 0 spiro atoms. The summed E-state index contributed by atoms with van der Waals surface area (Å²) in [7, 11) is 1.47. The largest absolute Gasteiger partial charge is 0.436 e. The molecule has 1 heterocycles. The van der Waals surface area contributed by atoms with Crippen LogP contribution in [0.5, 0.6) is 0 Å². The molecule has 0 aliphatic carbocycles. The lowest BCUT2D eigenvalue weighted by molar-refractivity contribution is -0.142. The monoisotopic (exact) mass is 272 g/mol. The summed E-state index contributed by atoms with van der Waals surface area (Å²) in [6, 6.07) is 0. The standard InChI is InChI=1S/C6H6BrF3N2.C2H6/c1-3-4(7)5(6(8,9)10)11-12(3)2;1-2/h1-2H3;1-2H3. The van der Waals surface area contributed by atoms with Gasteiger partial charge in [0.15, 0.2) is 5.69 Å². The molecule has 14 heavy (non-hydrogen) atoms. The van der Waals surface area contributed by atoms with Gasteiger partial charge in [-0.05, 0) is 22.9 Å². The lowest BCUT2D eigenvalue weighted by atomic mass is 10.4. The van der Waals surface area contributed by atoms with Crippen LogP contribution < -0.4 is 0 Å². The fraction of sp³-hybridized carbons (Fsp3) is 0.625. The van der Waals surface area contributed by atoms with Crippen molar-refractivity contribution in [3.8, 4) is 0 Å². The number of hydrogen-bond donors (Lipinski definition) is 0. The van der Waals surface area contributed by atoms with E-state index in [2.05, 4.69) is 21.0 Å². The van der Waals surface area contributed by atoms with Gasteiger partial charge in [-0.2, -0.15) is 18.3 Å². The van der Waals surface area contributed by atoms with Crippen molar-refractivity contribution in [2.45, 2.75) is 26.9 Å². The van der Waals surface area contributed by atoms with E-state index < -0.39 is 11.9 Å². The Hall–Kier alpha value is -0.520. The topological polar surface area (TPSA) is 17.8 Å². The average Bonchev–Trinajstić information content (AvgIpc) is 2.36. The first kappa shape index (κ1) is 13.5. The van der Waals surface area contributed by atoms with Crippen LogP contribution in [0.2, 0.25) is 0 Å². The molecule has 0 radical (unpaired) electrons. The third kappa shape index (κ3) is 2.73. The third-order valence-electron chi connectivity index (χ3n) is 1.53. The van der Waals surface area contributed by atoms with Crippen molar-refractivity contribution < 1.29 is 13.2 Å². The Morgan fingerprint density at radius 2 is 1.71 bits per heavy atom. The van der Waals surface area contributed by atoms with Gasteiger partial charge in [-0.1, -0.05) is 13.8 Å². The maximum atomic E-state index is 12.1. The van der Waals surface area contributed by atoms with Crippen molar-refractivity contribution in [2.75, 3.05) is 0 Å². The van der Waals surface area contributed by atoms with Gasteiger partial charge in [0.2, 0.25) is 0 Å². The number of nitrogens with zero attached hydrogens (tertiary/aromatic N) is 2. The van der Waals surface area contributed by atoms with E-state index in [9.17, 15) is 13.2 Å². The molecule has 0 fully saturated rings. The zero-order chi connectivity index (χ0) is 11.5. The van der Waals surface area contributed by atoms with Gasteiger partial charge in [0, 0.05) is 12.7 Å². The van der Waals surface area contributed by atoms with Crippen LogP contribution in [-0.2, 0) is 13.2 Å². The minimum Gasteiger partial charge on any atom is -0.271 e. The highest BCUT2D eigenvalue weighted by molar-refractivity contribution is 9.10. The Bertz CT molecular complexity index is 304. The molecule has 1 aromatic rings. The number of rotatable bonds is 0. The van der Waals surface area contributed by atoms with E-state index in [4.69, 9.17) is 0 Å². The van der Waals surface area contributed by atoms with E-state index in [1.807, 2.05) is 13.8 Å². The van der Waals surface area contributed by atoms with Crippen LogP contribution in [0.1, 0.15) is 25.2 Å². The summed E-state index contributed by atoms with van der Waals surface area (Å²) in [5, 5.41) is 3.33. The summed E-state index contributed by atoms with van der Waals surface area (Å²) in [5.41, 5.74) is -0.412. The molecule has 0 bridgehead atoms. The first-order chi connectivity index (χ1) is 6.34. The molecule has 0 aliphatic heterocycles. The van der Waals surface area contributed by atoms with Gasteiger partial charge >= 0.3 is 6.18 Å². The van der Waals surface area contributed by atoms with Gasteiger partial charge in [-0.15, -0.1) is 0 Å². The number of aryl methyl sites for hydroxylation is 1. The summed E-state index contributed by atoms with van der Waals surface area (Å²) < 4.78 is 37.6. The molecular weight excluding hydrogens is 261 g/mol. The molecule has 0 unspecified atom stereocenters. The van der Waals surface area contributed by atoms with Crippen LogP contribution in [0.15, 0.2) is 4.47 Å². The second kappa shape index (κ2) is 4.82. The molecular formula is C8H12BrF3N2. The molecule has 0 N–H and O–H groups in total. The van der Waals surface area contributed by atoms with Crippen LogP contribution >= 0.6 is 15.9 Å². The van der Waals surface area contributed by atoms with E-state index >= 15 is 0 Å². The Labute approximate surface area is 89.2 Å². The van der Waals surface area contributed by atoms with E-state index in [1.165, 1.54) is 11.7 Å². The van der Waals surface area contributed by atoms with Crippen LogP contribution in [0.3, 0.4) is 0 Å². The van der Waals surface area contributed by atoms with Gasteiger partial charge in [0.1, 0.15) is 0 Å². The summed E-state index contributed by atoms with van der Waals surface area (Å²) in [4.78, 5) is 0. The van der Waals surface area contributed by atoms with Gasteiger partial charge in [-0.3, -0.25) is 4.68 Å². The third-order valence-corrected chi connectivity index (χ3v) is 2.48. The first-order valence-corrected chi connectivity index (χ1v) is 4.89. The van der Waals surface area contributed by atoms with E-state index in [0.717, 1.165) is 0 Å². The number of aromatic nitrogens is 2. The number of alkyl halides is 3. The lowest BCUT2D eigenvalue weighted by Gasteiger charge is -2.01. The zero-order valence-corrected chi connectivity index (χ0v) is 9.99. The maximum Gasteiger partial charge on any atom is 0.436 e. The molecule has 2 nitrogen and oxygen atoms in total. The summed E-state index contributed by atoms with van der Waals surface area (Å²) in [6.45, 7) is 5.56. The fourth-order valence-corrected chi connectivity index (χ4v) is 1.32. The molecule has 6 heteroatoms. The zero-order valence-electron chi connectivity index (χ0n) is 8.41. The molecule has 82 valence electrons. The SMILES string of the molecule is CC.Cc1c(Br)c(C(F)(F)F)nn1C. The predicted molar refractivity (Wildman–Crippen MR) is 52.0 cm³/mol. The number of halogens is 4. The quantitative estimate of drug-likeness (QED) is 0.707. The molecule has 1 aromatic heterocycles. The Morgan fingerprint density at radius 3 is 1.86 bits per heavy atom. The second-order valence-corrected chi connectivity index (χ2v) is 3.16. The smallest absolute Gasteiger partial charge is 0.271 e. The van der Waals surface area contributed by atoms with Crippen molar-refractivity contribution in [3.63, 3.8) is 0 Å².